The van der Waals surface area contributed by atoms with E-state index in [1.807, 2.05) is 0 Å². The van der Waals surface area contributed by atoms with Crippen LogP contribution in [0.3, 0.4) is 0 Å². The maximum atomic E-state index is 12.0. The molecule has 0 spiro atoms. The van der Waals surface area contributed by atoms with Crippen molar-refractivity contribution in [1.82, 2.24) is 14.8 Å². The van der Waals surface area contributed by atoms with Crippen LogP contribution >= 0.6 is 0 Å². The lowest BCUT2D eigenvalue weighted by Gasteiger charge is -2.14. The first-order valence-corrected chi connectivity index (χ1v) is 5.85. The molecular formula is C13H14N4O2. The van der Waals surface area contributed by atoms with Crippen LogP contribution in [0.15, 0.2) is 41.5 Å². The molecule has 0 aromatic carbocycles. The average molecular weight is 258 g/mol. The fourth-order valence-corrected chi connectivity index (χ4v) is 1.59. The Morgan fingerprint density at radius 1 is 1.26 bits per heavy atom. The molecule has 0 unspecified atom stereocenters. The minimum Gasteiger partial charge on any atom is -0.324 e. The SMILES string of the molecule is Cc1ccc(=O)n([C@H](C)C(=O)Nc2ccncc2)n1. The highest BCUT2D eigenvalue weighted by molar-refractivity contribution is 5.93. The van der Waals surface area contributed by atoms with E-state index in [1.54, 1.807) is 44.4 Å². The van der Waals surface area contributed by atoms with E-state index in [0.717, 1.165) is 0 Å². The molecule has 6 nitrogen and oxygen atoms in total. The molecule has 1 atom stereocenters. The first-order chi connectivity index (χ1) is 9.08. The van der Waals surface area contributed by atoms with Gasteiger partial charge in [-0.05, 0) is 32.0 Å². The molecule has 98 valence electrons. The van der Waals surface area contributed by atoms with Crippen LogP contribution in [0.1, 0.15) is 18.7 Å². The van der Waals surface area contributed by atoms with Gasteiger partial charge in [-0.25, -0.2) is 4.68 Å². The van der Waals surface area contributed by atoms with Gasteiger partial charge < -0.3 is 5.32 Å². The van der Waals surface area contributed by atoms with Crippen LogP contribution in [-0.2, 0) is 4.79 Å². The number of anilines is 1. The summed E-state index contributed by atoms with van der Waals surface area (Å²) in [6.07, 6.45) is 3.16. The van der Waals surface area contributed by atoms with Crippen LogP contribution < -0.4 is 10.9 Å². The van der Waals surface area contributed by atoms with Gasteiger partial charge in [0.05, 0.1) is 5.69 Å². The van der Waals surface area contributed by atoms with Gasteiger partial charge in [0.25, 0.3) is 5.56 Å². The molecule has 6 heteroatoms. The van der Waals surface area contributed by atoms with Crippen LogP contribution in [0.5, 0.6) is 0 Å². The summed E-state index contributed by atoms with van der Waals surface area (Å²) in [6.45, 7) is 3.40. The largest absolute Gasteiger partial charge is 0.324 e. The zero-order valence-electron chi connectivity index (χ0n) is 10.7. The van der Waals surface area contributed by atoms with Crippen molar-refractivity contribution < 1.29 is 4.79 Å². The number of rotatable bonds is 3. The van der Waals surface area contributed by atoms with Gasteiger partial charge in [-0.15, -0.1) is 0 Å². The smallest absolute Gasteiger partial charge is 0.267 e. The van der Waals surface area contributed by atoms with Gasteiger partial charge in [0.15, 0.2) is 0 Å². The van der Waals surface area contributed by atoms with E-state index in [-0.39, 0.29) is 11.5 Å². The van der Waals surface area contributed by atoms with E-state index in [4.69, 9.17) is 0 Å². The van der Waals surface area contributed by atoms with Gasteiger partial charge in [-0.3, -0.25) is 14.6 Å². The summed E-state index contributed by atoms with van der Waals surface area (Å²) in [4.78, 5) is 27.6. The van der Waals surface area contributed by atoms with Crippen molar-refractivity contribution in [2.75, 3.05) is 5.32 Å². The van der Waals surface area contributed by atoms with E-state index in [1.165, 1.54) is 10.7 Å². The second-order valence-corrected chi connectivity index (χ2v) is 4.16. The minimum atomic E-state index is -0.680. The lowest BCUT2D eigenvalue weighted by molar-refractivity contribution is -0.119. The zero-order chi connectivity index (χ0) is 13.8. The summed E-state index contributed by atoms with van der Waals surface area (Å²) in [7, 11) is 0. The predicted molar refractivity (Wildman–Crippen MR) is 70.8 cm³/mol. The zero-order valence-corrected chi connectivity index (χ0v) is 10.7. The molecule has 0 radical (unpaired) electrons. The third-order valence-corrected chi connectivity index (χ3v) is 2.65. The molecular weight excluding hydrogens is 244 g/mol. The lowest BCUT2D eigenvalue weighted by Crippen LogP contribution is -2.33. The second kappa shape index (κ2) is 5.43. The topological polar surface area (TPSA) is 76.9 Å². The summed E-state index contributed by atoms with van der Waals surface area (Å²) < 4.78 is 1.17. The van der Waals surface area contributed by atoms with Crippen molar-refractivity contribution in [1.29, 1.82) is 0 Å². The van der Waals surface area contributed by atoms with Crippen molar-refractivity contribution in [3.8, 4) is 0 Å². The van der Waals surface area contributed by atoms with Crippen molar-refractivity contribution in [3.63, 3.8) is 0 Å². The Morgan fingerprint density at radius 3 is 2.63 bits per heavy atom. The number of pyridine rings is 1. The van der Waals surface area contributed by atoms with E-state index < -0.39 is 6.04 Å². The van der Waals surface area contributed by atoms with Gasteiger partial charge in [-0.1, -0.05) is 0 Å². The fourth-order valence-electron chi connectivity index (χ4n) is 1.59. The number of amides is 1. The monoisotopic (exact) mass is 258 g/mol. The molecule has 2 rings (SSSR count). The molecule has 0 aliphatic rings. The second-order valence-electron chi connectivity index (χ2n) is 4.16. The van der Waals surface area contributed by atoms with Crippen molar-refractivity contribution >= 4 is 11.6 Å². The highest BCUT2D eigenvalue weighted by Crippen LogP contribution is 2.08. The van der Waals surface area contributed by atoms with Crippen LogP contribution in [0.25, 0.3) is 0 Å². The lowest BCUT2D eigenvalue weighted by atomic mass is 10.3. The number of carbonyl (C=O) groups is 1. The highest BCUT2D eigenvalue weighted by atomic mass is 16.2. The average Bonchev–Trinajstić information content (AvgIpc) is 2.42. The predicted octanol–water partition coefficient (Wildman–Crippen LogP) is 1.15. The van der Waals surface area contributed by atoms with Crippen LogP contribution in [0.4, 0.5) is 5.69 Å². The number of hydrogen-bond donors (Lipinski definition) is 1. The van der Waals surface area contributed by atoms with Gasteiger partial charge in [-0.2, -0.15) is 5.10 Å². The molecule has 0 saturated carbocycles. The number of hydrogen-bond acceptors (Lipinski definition) is 4. The Morgan fingerprint density at radius 2 is 1.95 bits per heavy atom. The molecule has 1 N–H and O–H groups in total. The number of carbonyl (C=O) groups excluding carboxylic acids is 1. The Kier molecular flexibility index (Phi) is 3.70. The number of nitrogens with one attached hydrogen (secondary N) is 1. The summed E-state index contributed by atoms with van der Waals surface area (Å²) in [5.74, 6) is -0.300. The van der Waals surface area contributed by atoms with Gasteiger partial charge >= 0.3 is 0 Å². The summed E-state index contributed by atoms with van der Waals surface area (Å²) in [5.41, 5.74) is 1.01. The highest BCUT2D eigenvalue weighted by Gasteiger charge is 2.17. The third kappa shape index (κ3) is 3.04. The molecule has 0 saturated heterocycles. The first kappa shape index (κ1) is 12.9. The van der Waals surface area contributed by atoms with E-state index in [2.05, 4.69) is 15.4 Å². The molecule has 2 aromatic rings. The van der Waals surface area contributed by atoms with Crippen LogP contribution in [0, 0.1) is 6.92 Å². The summed E-state index contributed by atoms with van der Waals surface area (Å²) >= 11 is 0. The number of nitrogens with zero attached hydrogens (tertiary/aromatic N) is 3. The van der Waals surface area contributed by atoms with Crippen molar-refractivity contribution in [3.05, 3.63) is 52.7 Å². The van der Waals surface area contributed by atoms with Crippen LogP contribution in [-0.4, -0.2) is 20.7 Å². The standard InChI is InChI=1S/C13H14N4O2/c1-9-3-4-12(18)17(16-9)10(2)13(19)15-11-5-7-14-8-6-11/h3-8,10H,1-2H3,(H,14,15,19)/t10-/m1/s1. The Balaban J connectivity index is 2.20. The van der Waals surface area contributed by atoms with Crippen molar-refractivity contribution in [2.24, 2.45) is 0 Å². The number of aryl methyl sites for hydroxylation is 1. The Labute approximate surface area is 110 Å². The molecule has 1 amide bonds. The molecule has 2 aromatic heterocycles. The Bertz CT molecular complexity index is 637. The first-order valence-electron chi connectivity index (χ1n) is 5.85. The molecule has 0 fully saturated rings. The molecule has 0 aliphatic carbocycles. The quantitative estimate of drug-likeness (QED) is 0.895. The number of aromatic nitrogens is 3. The summed E-state index contributed by atoms with van der Waals surface area (Å²) in [6, 6.07) is 5.69. The van der Waals surface area contributed by atoms with Crippen molar-refractivity contribution in [2.45, 2.75) is 19.9 Å². The van der Waals surface area contributed by atoms with Gasteiger partial charge in [0.2, 0.25) is 5.91 Å². The third-order valence-electron chi connectivity index (χ3n) is 2.65. The van der Waals surface area contributed by atoms with Gasteiger partial charge in [0.1, 0.15) is 6.04 Å². The maximum absolute atomic E-state index is 12.0. The molecule has 2 heterocycles. The molecule has 0 aliphatic heterocycles. The normalized spacial score (nSPS) is 11.9. The molecule has 0 bridgehead atoms. The van der Waals surface area contributed by atoms with Gasteiger partial charge in [0, 0.05) is 24.1 Å². The van der Waals surface area contributed by atoms with E-state index >= 15 is 0 Å². The maximum Gasteiger partial charge on any atom is 0.267 e. The molecule has 19 heavy (non-hydrogen) atoms. The fraction of sp³-hybridized carbons (Fsp3) is 0.231. The van der Waals surface area contributed by atoms with Crippen LogP contribution in [0.2, 0.25) is 0 Å². The van der Waals surface area contributed by atoms with E-state index in [0.29, 0.717) is 11.4 Å². The van der Waals surface area contributed by atoms with E-state index in [9.17, 15) is 9.59 Å². The Hall–Kier alpha value is -2.50. The minimum absolute atomic E-state index is 0.300. The summed E-state index contributed by atoms with van der Waals surface area (Å²) in [5, 5.41) is 6.77.